The van der Waals surface area contributed by atoms with Crippen molar-refractivity contribution in [3.8, 4) is 0 Å². The fourth-order valence-electron chi connectivity index (χ4n) is 1.65. The maximum absolute atomic E-state index is 12.4. The number of amides is 1. The predicted octanol–water partition coefficient (Wildman–Crippen LogP) is 2.54. The summed E-state index contributed by atoms with van der Waals surface area (Å²) < 4.78 is 24.8. The van der Waals surface area contributed by atoms with Gasteiger partial charge in [-0.1, -0.05) is 6.07 Å². The molecular formula is C13H14F2N4O. The van der Waals surface area contributed by atoms with Crippen LogP contribution in [0.4, 0.5) is 8.78 Å². The molecule has 106 valence electrons. The number of alkyl halides is 2. The van der Waals surface area contributed by atoms with E-state index in [1.807, 2.05) is 19.1 Å². The van der Waals surface area contributed by atoms with Crippen molar-refractivity contribution in [3.05, 3.63) is 47.0 Å². The number of carbonyl (C=O) groups is 1. The molecule has 2 aromatic heterocycles. The molecule has 0 saturated carbocycles. The first-order chi connectivity index (χ1) is 9.47. The fraction of sp³-hybridized carbons (Fsp3) is 0.308. The van der Waals surface area contributed by atoms with Gasteiger partial charge in [0.05, 0.1) is 6.04 Å². The van der Waals surface area contributed by atoms with E-state index in [9.17, 15) is 13.6 Å². The second-order valence-electron chi connectivity index (χ2n) is 4.44. The summed E-state index contributed by atoms with van der Waals surface area (Å²) >= 11 is 0. The van der Waals surface area contributed by atoms with E-state index in [0.717, 1.165) is 17.3 Å². The van der Waals surface area contributed by atoms with Crippen LogP contribution in [-0.4, -0.2) is 21.1 Å². The number of halogens is 2. The smallest absolute Gasteiger partial charge is 0.279 e. The lowest BCUT2D eigenvalue weighted by molar-refractivity contribution is 0.0935. The van der Waals surface area contributed by atoms with Crippen LogP contribution in [0.1, 0.15) is 46.8 Å². The van der Waals surface area contributed by atoms with Crippen LogP contribution in [0.15, 0.2) is 24.4 Å². The molecule has 2 N–H and O–H groups in total. The van der Waals surface area contributed by atoms with E-state index in [1.165, 1.54) is 0 Å². The van der Waals surface area contributed by atoms with E-state index >= 15 is 0 Å². The first-order valence-electron chi connectivity index (χ1n) is 6.04. The van der Waals surface area contributed by atoms with Crippen molar-refractivity contribution in [2.45, 2.75) is 26.3 Å². The number of pyridine rings is 1. The lowest BCUT2D eigenvalue weighted by Gasteiger charge is -2.13. The number of aromatic amines is 1. The Morgan fingerprint density at radius 2 is 2.15 bits per heavy atom. The molecule has 5 nitrogen and oxygen atoms in total. The van der Waals surface area contributed by atoms with Crippen molar-refractivity contribution in [1.29, 1.82) is 0 Å². The highest BCUT2D eigenvalue weighted by Gasteiger charge is 2.17. The molecule has 2 aromatic rings. The molecule has 0 aliphatic rings. The van der Waals surface area contributed by atoms with E-state index in [0.29, 0.717) is 0 Å². The van der Waals surface area contributed by atoms with Gasteiger partial charge in [-0.05, 0) is 31.5 Å². The molecule has 2 heterocycles. The largest absolute Gasteiger partial charge is 0.344 e. The molecule has 0 bridgehead atoms. The lowest BCUT2D eigenvalue weighted by atomic mass is 10.1. The molecule has 1 amide bonds. The molecule has 20 heavy (non-hydrogen) atoms. The van der Waals surface area contributed by atoms with Crippen LogP contribution in [-0.2, 0) is 0 Å². The van der Waals surface area contributed by atoms with E-state index in [4.69, 9.17) is 0 Å². The van der Waals surface area contributed by atoms with Crippen LogP contribution in [0.3, 0.4) is 0 Å². The Kier molecular flexibility index (Phi) is 4.07. The Labute approximate surface area is 114 Å². The van der Waals surface area contributed by atoms with Gasteiger partial charge in [-0.15, -0.1) is 0 Å². The maximum atomic E-state index is 12.4. The molecule has 0 saturated heterocycles. The van der Waals surface area contributed by atoms with Gasteiger partial charge in [-0.25, -0.2) is 8.78 Å². The molecule has 1 atom stereocenters. The SMILES string of the molecule is Cc1ccc([C@H](C)NC(=O)c2cc(C(F)F)[nH]n2)cn1. The highest BCUT2D eigenvalue weighted by atomic mass is 19.3. The van der Waals surface area contributed by atoms with E-state index in [2.05, 4.69) is 20.5 Å². The number of H-pyrrole nitrogens is 1. The lowest BCUT2D eigenvalue weighted by Crippen LogP contribution is -2.27. The van der Waals surface area contributed by atoms with Gasteiger partial charge in [0.25, 0.3) is 12.3 Å². The second kappa shape index (κ2) is 5.77. The summed E-state index contributed by atoms with van der Waals surface area (Å²) in [5, 5.41) is 8.38. The van der Waals surface area contributed by atoms with Crippen LogP contribution < -0.4 is 5.32 Å². The van der Waals surface area contributed by atoms with Gasteiger partial charge < -0.3 is 5.32 Å². The van der Waals surface area contributed by atoms with Gasteiger partial charge >= 0.3 is 0 Å². The predicted molar refractivity (Wildman–Crippen MR) is 68.4 cm³/mol. The quantitative estimate of drug-likeness (QED) is 0.904. The third-order valence-electron chi connectivity index (χ3n) is 2.85. The van der Waals surface area contributed by atoms with Crippen molar-refractivity contribution in [1.82, 2.24) is 20.5 Å². The monoisotopic (exact) mass is 280 g/mol. The molecule has 2 rings (SSSR count). The summed E-state index contributed by atoms with van der Waals surface area (Å²) in [4.78, 5) is 16.0. The number of aryl methyl sites for hydroxylation is 1. The number of rotatable bonds is 4. The Morgan fingerprint density at radius 1 is 1.40 bits per heavy atom. The highest BCUT2D eigenvalue weighted by molar-refractivity contribution is 5.92. The van der Waals surface area contributed by atoms with Gasteiger partial charge in [-0.3, -0.25) is 14.9 Å². The standard InChI is InChI=1S/C13H14F2N4O/c1-7-3-4-9(6-16-7)8(2)17-13(20)11-5-10(12(14)15)18-19-11/h3-6,8,12H,1-2H3,(H,17,20)(H,18,19)/t8-/m0/s1. The summed E-state index contributed by atoms with van der Waals surface area (Å²) in [7, 11) is 0. The summed E-state index contributed by atoms with van der Waals surface area (Å²) in [5.74, 6) is -0.513. The number of hydrogen-bond donors (Lipinski definition) is 2. The van der Waals surface area contributed by atoms with Crippen molar-refractivity contribution in [3.63, 3.8) is 0 Å². The highest BCUT2D eigenvalue weighted by Crippen LogP contribution is 2.17. The van der Waals surface area contributed by atoms with Crippen LogP contribution in [0.2, 0.25) is 0 Å². The van der Waals surface area contributed by atoms with Gasteiger partial charge in [0.1, 0.15) is 11.4 Å². The summed E-state index contributed by atoms with van der Waals surface area (Å²) in [6, 6.07) is 4.44. The maximum Gasteiger partial charge on any atom is 0.279 e. The molecule has 0 radical (unpaired) electrons. The molecular weight excluding hydrogens is 266 g/mol. The normalized spacial score (nSPS) is 12.4. The summed E-state index contributed by atoms with van der Waals surface area (Å²) in [6.45, 7) is 3.65. The molecule has 0 aliphatic carbocycles. The minimum atomic E-state index is -2.68. The molecule has 7 heteroatoms. The van der Waals surface area contributed by atoms with Crippen LogP contribution in [0, 0.1) is 6.92 Å². The summed E-state index contributed by atoms with van der Waals surface area (Å²) in [6.07, 6.45) is -1.02. The zero-order valence-corrected chi connectivity index (χ0v) is 11.0. The van der Waals surface area contributed by atoms with Crippen molar-refractivity contribution >= 4 is 5.91 Å². The van der Waals surface area contributed by atoms with Gasteiger partial charge in [0, 0.05) is 11.9 Å². The topological polar surface area (TPSA) is 70.7 Å². The average molecular weight is 280 g/mol. The molecule has 0 fully saturated rings. The van der Waals surface area contributed by atoms with Gasteiger partial charge in [0.2, 0.25) is 0 Å². The van der Waals surface area contributed by atoms with Crippen molar-refractivity contribution in [2.24, 2.45) is 0 Å². The fourth-order valence-corrected chi connectivity index (χ4v) is 1.65. The number of hydrogen-bond acceptors (Lipinski definition) is 3. The number of aromatic nitrogens is 3. The Bertz CT molecular complexity index is 595. The minimum absolute atomic E-state index is 0.0628. The number of carbonyl (C=O) groups excluding carboxylic acids is 1. The summed E-state index contributed by atoms with van der Waals surface area (Å²) in [5.41, 5.74) is 1.27. The van der Waals surface area contributed by atoms with Crippen molar-refractivity contribution in [2.75, 3.05) is 0 Å². The second-order valence-corrected chi connectivity index (χ2v) is 4.44. The van der Waals surface area contributed by atoms with E-state index in [1.54, 1.807) is 13.1 Å². The Hall–Kier alpha value is -2.31. The van der Waals surface area contributed by atoms with Gasteiger partial charge in [0.15, 0.2) is 0 Å². The van der Waals surface area contributed by atoms with Gasteiger partial charge in [-0.2, -0.15) is 5.10 Å². The Morgan fingerprint density at radius 3 is 2.70 bits per heavy atom. The van der Waals surface area contributed by atoms with Crippen molar-refractivity contribution < 1.29 is 13.6 Å². The van der Waals surface area contributed by atoms with Crippen LogP contribution in [0.25, 0.3) is 0 Å². The molecule has 0 aliphatic heterocycles. The molecule has 0 aromatic carbocycles. The third-order valence-corrected chi connectivity index (χ3v) is 2.85. The zero-order valence-electron chi connectivity index (χ0n) is 11.0. The van der Waals surface area contributed by atoms with E-state index < -0.39 is 12.3 Å². The Balaban J connectivity index is 2.04. The third kappa shape index (κ3) is 3.17. The minimum Gasteiger partial charge on any atom is -0.344 e. The first kappa shape index (κ1) is 14.1. The molecule has 0 unspecified atom stereocenters. The average Bonchev–Trinajstić information content (AvgIpc) is 2.89. The number of nitrogens with zero attached hydrogens (tertiary/aromatic N) is 2. The first-order valence-corrected chi connectivity index (χ1v) is 6.04. The molecule has 0 spiro atoms. The van der Waals surface area contributed by atoms with Crippen LogP contribution >= 0.6 is 0 Å². The van der Waals surface area contributed by atoms with Crippen LogP contribution in [0.5, 0.6) is 0 Å². The number of nitrogens with one attached hydrogen (secondary N) is 2. The van der Waals surface area contributed by atoms with E-state index in [-0.39, 0.29) is 17.4 Å². The zero-order chi connectivity index (χ0) is 14.7.